The number of hydrogen-bond acceptors (Lipinski definition) is 6. The molecular weight excluding hydrogens is 400 g/mol. The van der Waals surface area contributed by atoms with Crippen LogP contribution in [0.25, 0.3) is 10.9 Å². The van der Waals surface area contributed by atoms with Gasteiger partial charge in [-0.25, -0.2) is 0 Å². The third-order valence-corrected chi connectivity index (χ3v) is 5.18. The third kappa shape index (κ3) is 4.68. The van der Waals surface area contributed by atoms with E-state index < -0.39 is 11.5 Å². The highest BCUT2D eigenvalue weighted by atomic mass is 16.5. The zero-order chi connectivity index (χ0) is 21.8. The Morgan fingerprint density at radius 1 is 1.32 bits per heavy atom. The molecule has 3 aromatic rings. The van der Waals surface area contributed by atoms with Crippen molar-refractivity contribution >= 4 is 22.7 Å². The number of hydrogen-bond donors (Lipinski definition) is 3. The Hall–Kier alpha value is -3.43. The number of aliphatic hydroxyl groups is 1. The number of rotatable bonds is 5. The number of aromatic nitrogens is 2. The zero-order valence-corrected chi connectivity index (χ0v) is 17.1. The molecule has 2 aromatic heterocycles. The van der Waals surface area contributed by atoms with Gasteiger partial charge in [0.2, 0.25) is 0 Å². The van der Waals surface area contributed by atoms with Crippen LogP contribution < -0.4 is 10.1 Å². The molecule has 31 heavy (non-hydrogen) atoms. The van der Waals surface area contributed by atoms with E-state index in [2.05, 4.69) is 15.3 Å². The first kappa shape index (κ1) is 20.8. The van der Waals surface area contributed by atoms with Crippen LogP contribution in [0, 0.1) is 0 Å². The maximum Gasteiger partial charge on any atom is 0.270 e. The lowest BCUT2D eigenvalue weighted by molar-refractivity contribution is -0.0324. The Labute approximate surface area is 179 Å². The second-order valence-electron chi connectivity index (χ2n) is 7.54. The number of nitrogens with zero attached hydrogens (tertiary/aromatic N) is 2. The monoisotopic (exact) mass is 424 g/mol. The van der Waals surface area contributed by atoms with Crippen LogP contribution in [-0.4, -0.2) is 77.3 Å². The van der Waals surface area contributed by atoms with Crippen LogP contribution >= 0.6 is 0 Å². The average Bonchev–Trinajstić information content (AvgIpc) is 3.12. The number of nitrogens with one attached hydrogen (secondary N) is 2. The van der Waals surface area contributed by atoms with Crippen molar-refractivity contribution in [3.63, 3.8) is 0 Å². The Morgan fingerprint density at radius 3 is 2.97 bits per heavy atom. The normalized spacial score (nSPS) is 19.1. The van der Waals surface area contributed by atoms with Crippen molar-refractivity contribution in [2.24, 2.45) is 0 Å². The smallest absolute Gasteiger partial charge is 0.270 e. The lowest BCUT2D eigenvalue weighted by atomic mass is 10.0. The topological polar surface area (TPSA) is 117 Å². The van der Waals surface area contributed by atoms with Crippen LogP contribution in [0.1, 0.15) is 21.0 Å². The summed E-state index contributed by atoms with van der Waals surface area (Å²) in [5, 5.41) is 14.6. The fraction of sp³-hybridized carbons (Fsp3) is 0.318. The summed E-state index contributed by atoms with van der Waals surface area (Å²) in [7, 11) is 1.59. The van der Waals surface area contributed by atoms with Gasteiger partial charge in [-0.1, -0.05) is 6.07 Å². The molecule has 0 saturated carbocycles. The van der Waals surface area contributed by atoms with Crippen molar-refractivity contribution in [2.45, 2.75) is 5.60 Å². The first-order chi connectivity index (χ1) is 15.0. The first-order valence-corrected chi connectivity index (χ1v) is 9.93. The maximum absolute atomic E-state index is 13.1. The molecule has 1 saturated heterocycles. The van der Waals surface area contributed by atoms with Crippen LogP contribution in [-0.2, 0) is 4.74 Å². The predicted octanol–water partition coefficient (Wildman–Crippen LogP) is 1.20. The lowest BCUT2D eigenvalue weighted by Crippen LogP contribution is -2.53. The Morgan fingerprint density at radius 2 is 2.19 bits per heavy atom. The standard InChI is InChI=1S/C22H24N4O5/c1-30-16-5-6-17-15(10-16)11-19(25-17)21(28)26-8-9-31-14-22(29,13-26)12-24-20(27)18-4-2-3-7-23-18/h2-7,10-11,25,29H,8-9,12-14H2,1H3,(H,24,27)/t22-/m1/s1. The van der Waals surface area contributed by atoms with Crippen molar-refractivity contribution in [3.8, 4) is 5.75 Å². The van der Waals surface area contributed by atoms with Gasteiger partial charge in [0, 0.05) is 23.6 Å². The van der Waals surface area contributed by atoms with Gasteiger partial charge >= 0.3 is 0 Å². The van der Waals surface area contributed by atoms with E-state index in [4.69, 9.17) is 9.47 Å². The molecule has 3 N–H and O–H groups in total. The molecule has 1 atom stereocenters. The summed E-state index contributed by atoms with van der Waals surface area (Å²) >= 11 is 0. The second kappa shape index (κ2) is 8.75. The van der Waals surface area contributed by atoms with E-state index in [9.17, 15) is 14.7 Å². The molecule has 1 fully saturated rings. The third-order valence-electron chi connectivity index (χ3n) is 5.18. The number of ether oxygens (including phenoxy) is 2. The number of pyridine rings is 1. The van der Waals surface area contributed by atoms with Crippen molar-refractivity contribution in [3.05, 3.63) is 60.0 Å². The van der Waals surface area contributed by atoms with Crippen LogP contribution in [0.2, 0.25) is 0 Å². The molecule has 1 aliphatic heterocycles. The molecule has 0 bridgehead atoms. The number of amides is 2. The predicted molar refractivity (Wildman–Crippen MR) is 113 cm³/mol. The SMILES string of the molecule is COc1ccc2[nH]c(C(=O)N3CCOC[C@@](O)(CNC(=O)c4ccccn4)C3)cc2c1. The molecule has 9 nitrogen and oxygen atoms in total. The largest absolute Gasteiger partial charge is 0.497 e. The number of H-pyrrole nitrogens is 1. The Kier molecular flexibility index (Phi) is 5.88. The summed E-state index contributed by atoms with van der Waals surface area (Å²) < 4.78 is 10.7. The Balaban J connectivity index is 1.47. The van der Waals surface area contributed by atoms with Crippen molar-refractivity contribution in [2.75, 3.05) is 40.0 Å². The number of β-amino-alcohol motifs (C(OH)–C–C–N with tert-alkyl or cyclic N) is 1. The van der Waals surface area contributed by atoms with Crippen molar-refractivity contribution in [1.82, 2.24) is 20.2 Å². The summed E-state index contributed by atoms with van der Waals surface area (Å²) in [6, 6.07) is 12.3. The molecule has 1 aromatic carbocycles. The van der Waals surface area contributed by atoms with Crippen LogP contribution in [0.15, 0.2) is 48.7 Å². The molecule has 0 aliphatic carbocycles. The van der Waals surface area contributed by atoms with E-state index in [1.807, 2.05) is 18.2 Å². The second-order valence-corrected chi connectivity index (χ2v) is 7.54. The quantitative estimate of drug-likeness (QED) is 0.567. The molecule has 3 heterocycles. The molecule has 4 rings (SSSR count). The highest BCUT2D eigenvalue weighted by Crippen LogP contribution is 2.23. The van der Waals surface area contributed by atoms with Gasteiger partial charge in [-0.15, -0.1) is 0 Å². The maximum atomic E-state index is 13.1. The van der Waals surface area contributed by atoms with Crippen LogP contribution in [0.3, 0.4) is 0 Å². The fourth-order valence-electron chi connectivity index (χ4n) is 3.55. The molecule has 0 spiro atoms. The number of methoxy groups -OCH3 is 1. The van der Waals surface area contributed by atoms with Gasteiger partial charge in [0.15, 0.2) is 0 Å². The van der Waals surface area contributed by atoms with Gasteiger partial charge < -0.3 is 29.8 Å². The van der Waals surface area contributed by atoms with Gasteiger partial charge in [-0.05, 0) is 36.4 Å². The van der Waals surface area contributed by atoms with Crippen LogP contribution in [0.4, 0.5) is 0 Å². The van der Waals surface area contributed by atoms with Crippen molar-refractivity contribution < 1.29 is 24.2 Å². The number of carbonyl (C=O) groups is 2. The number of aromatic amines is 1. The minimum Gasteiger partial charge on any atom is -0.497 e. The van der Waals surface area contributed by atoms with E-state index in [-0.39, 0.29) is 37.9 Å². The van der Waals surface area contributed by atoms with E-state index in [1.165, 1.54) is 11.1 Å². The Bertz CT molecular complexity index is 1080. The van der Waals surface area contributed by atoms with E-state index in [0.717, 1.165) is 10.9 Å². The summed E-state index contributed by atoms with van der Waals surface area (Å²) in [4.78, 5) is 34.0. The van der Waals surface area contributed by atoms with Gasteiger partial charge in [0.1, 0.15) is 22.7 Å². The van der Waals surface area contributed by atoms with Crippen molar-refractivity contribution in [1.29, 1.82) is 0 Å². The molecule has 0 unspecified atom stereocenters. The van der Waals surface area contributed by atoms with Gasteiger partial charge in [-0.3, -0.25) is 14.6 Å². The molecule has 162 valence electrons. The summed E-state index contributed by atoms with van der Waals surface area (Å²) in [6.07, 6.45) is 1.52. The number of benzene rings is 1. The van der Waals surface area contributed by atoms with Gasteiger partial charge in [0.05, 0.1) is 33.4 Å². The zero-order valence-electron chi connectivity index (χ0n) is 17.1. The molecule has 2 amide bonds. The summed E-state index contributed by atoms with van der Waals surface area (Å²) in [5.74, 6) is 0.0440. The number of fused-ring (bicyclic) bond motifs is 1. The van der Waals surface area contributed by atoms with E-state index >= 15 is 0 Å². The van der Waals surface area contributed by atoms with Crippen LogP contribution in [0.5, 0.6) is 5.75 Å². The lowest BCUT2D eigenvalue weighted by Gasteiger charge is -2.30. The number of carbonyl (C=O) groups excluding carboxylic acids is 2. The van der Waals surface area contributed by atoms with E-state index in [0.29, 0.717) is 18.0 Å². The minimum atomic E-state index is -1.42. The molecule has 9 heteroatoms. The minimum absolute atomic E-state index is 0.00315. The molecule has 1 aliphatic rings. The first-order valence-electron chi connectivity index (χ1n) is 9.93. The highest BCUT2D eigenvalue weighted by molar-refractivity contribution is 5.98. The van der Waals surface area contributed by atoms with E-state index in [1.54, 1.807) is 31.4 Å². The van der Waals surface area contributed by atoms with Gasteiger partial charge in [-0.2, -0.15) is 0 Å². The molecule has 0 radical (unpaired) electrons. The summed E-state index contributed by atoms with van der Waals surface area (Å²) in [5.41, 5.74) is 0.0476. The average molecular weight is 424 g/mol. The van der Waals surface area contributed by atoms with Gasteiger partial charge in [0.25, 0.3) is 11.8 Å². The summed E-state index contributed by atoms with van der Waals surface area (Å²) in [6.45, 7) is 0.566. The fourth-order valence-corrected chi connectivity index (χ4v) is 3.55. The molecular formula is C22H24N4O5. The highest BCUT2D eigenvalue weighted by Gasteiger charge is 2.35.